The summed E-state index contributed by atoms with van der Waals surface area (Å²) in [6.07, 6.45) is -1.57. The predicted octanol–water partition coefficient (Wildman–Crippen LogP) is 5.38. The second-order valence-corrected chi connectivity index (χ2v) is 10.3. The van der Waals surface area contributed by atoms with Gasteiger partial charge in [0.25, 0.3) is 0 Å². The van der Waals surface area contributed by atoms with Crippen LogP contribution in [0.4, 0.5) is 24.8 Å². The molecule has 0 aliphatic heterocycles. The van der Waals surface area contributed by atoms with E-state index in [1.54, 1.807) is 18.3 Å². The largest absolute Gasteiger partial charge is 0.481 e. The summed E-state index contributed by atoms with van der Waals surface area (Å²) in [6, 6.07) is 6.17. The number of carboxylic acid groups (broad SMARTS) is 1. The summed E-state index contributed by atoms with van der Waals surface area (Å²) < 4.78 is 38.9. The van der Waals surface area contributed by atoms with Crippen LogP contribution < -0.4 is 5.32 Å². The number of benzene rings is 1. The number of rotatable bonds is 5. The lowest BCUT2D eigenvalue weighted by Gasteiger charge is -2.24. The van der Waals surface area contributed by atoms with Crippen molar-refractivity contribution in [2.45, 2.75) is 45.4 Å². The maximum Gasteiger partial charge on any atom is 0.433 e. The van der Waals surface area contributed by atoms with Crippen molar-refractivity contribution in [2.75, 3.05) is 5.32 Å². The monoisotopic (exact) mass is 492 g/mol. The van der Waals surface area contributed by atoms with E-state index in [9.17, 15) is 28.2 Å². The highest BCUT2D eigenvalue weighted by Crippen LogP contribution is 2.54. The Balaban J connectivity index is 1.61. The molecule has 1 aromatic carbocycles. The minimum Gasteiger partial charge on any atom is -0.481 e. The number of halogens is 3. The van der Waals surface area contributed by atoms with Gasteiger partial charge in [-0.15, -0.1) is 11.3 Å². The van der Waals surface area contributed by atoms with E-state index in [2.05, 4.69) is 20.3 Å². The molecule has 3 N–H and O–H groups in total. The average Bonchev–Trinajstić information content (AvgIpc) is 3.30. The molecule has 2 aromatic heterocycles. The van der Waals surface area contributed by atoms with Gasteiger partial charge in [-0.2, -0.15) is 13.2 Å². The molecule has 2 atom stereocenters. The molecule has 34 heavy (non-hydrogen) atoms. The Kier molecular flexibility index (Phi) is 5.89. The molecule has 0 bridgehead atoms. The minimum absolute atomic E-state index is 0.0792. The molecular formula is C23H23F3N4O3S. The first kappa shape index (κ1) is 24.1. The standard InChI is InChI=1S/C23H23F3N4O3S/c1-12-6-13(8-14(7-12)29-20-27-5-4-17(30-20)23(24,25)26)16-10-28-19(34-16)22(33)9-15(18(31)32)21(2,3)11-22/h4-8,10,15,33H,9,11H2,1-3H3,(H,31,32)(H,27,29,30). The fourth-order valence-electron chi connectivity index (χ4n) is 4.47. The van der Waals surface area contributed by atoms with Crippen LogP contribution in [0.3, 0.4) is 0 Å². The van der Waals surface area contributed by atoms with Crippen LogP contribution in [-0.4, -0.2) is 31.1 Å². The van der Waals surface area contributed by atoms with Crippen molar-refractivity contribution in [1.82, 2.24) is 15.0 Å². The van der Waals surface area contributed by atoms with Gasteiger partial charge in [0.2, 0.25) is 5.95 Å². The molecule has 1 fully saturated rings. The summed E-state index contributed by atoms with van der Waals surface area (Å²) in [7, 11) is 0. The Hall–Kier alpha value is -3.05. The van der Waals surface area contributed by atoms with E-state index in [1.165, 1.54) is 11.3 Å². The highest BCUT2D eigenvalue weighted by atomic mass is 32.1. The number of nitrogens with zero attached hydrogens (tertiary/aromatic N) is 3. The van der Waals surface area contributed by atoms with Gasteiger partial charge in [-0.25, -0.2) is 15.0 Å². The maximum atomic E-state index is 13.0. The number of thiazole rings is 1. The van der Waals surface area contributed by atoms with Gasteiger partial charge in [-0.05, 0) is 54.5 Å². The van der Waals surface area contributed by atoms with E-state index >= 15 is 0 Å². The number of aliphatic hydroxyl groups is 1. The van der Waals surface area contributed by atoms with E-state index < -0.39 is 34.8 Å². The van der Waals surface area contributed by atoms with Crippen molar-refractivity contribution in [3.63, 3.8) is 0 Å². The molecule has 1 saturated carbocycles. The zero-order valence-electron chi connectivity index (χ0n) is 18.6. The van der Waals surface area contributed by atoms with Gasteiger partial charge >= 0.3 is 12.1 Å². The molecular weight excluding hydrogens is 469 g/mol. The molecule has 3 aromatic rings. The van der Waals surface area contributed by atoms with Crippen LogP contribution in [0.2, 0.25) is 0 Å². The van der Waals surface area contributed by atoms with Crippen LogP contribution >= 0.6 is 11.3 Å². The Morgan fingerprint density at radius 2 is 1.97 bits per heavy atom. The number of carboxylic acids is 1. The quantitative estimate of drug-likeness (QED) is 0.439. The van der Waals surface area contributed by atoms with Crippen molar-refractivity contribution in [3.8, 4) is 10.4 Å². The third-order valence-corrected chi connectivity index (χ3v) is 7.24. The minimum atomic E-state index is -4.58. The molecule has 2 heterocycles. The number of nitrogens with one attached hydrogen (secondary N) is 1. The number of carbonyl (C=O) groups is 1. The smallest absolute Gasteiger partial charge is 0.433 e. The summed E-state index contributed by atoms with van der Waals surface area (Å²) in [4.78, 5) is 24.2. The third-order valence-electron chi connectivity index (χ3n) is 6.00. The molecule has 2 unspecified atom stereocenters. The normalized spacial score (nSPS) is 22.0. The van der Waals surface area contributed by atoms with Crippen LogP contribution in [0, 0.1) is 18.3 Å². The SMILES string of the molecule is Cc1cc(Nc2nccc(C(F)(F)F)n2)cc(-c2cnc(C3(O)CC(C(=O)O)C(C)(C)C3)s2)c1. The van der Waals surface area contributed by atoms with Crippen molar-refractivity contribution in [2.24, 2.45) is 11.3 Å². The number of aryl methyl sites for hydroxylation is 1. The molecule has 4 rings (SSSR count). The predicted molar refractivity (Wildman–Crippen MR) is 121 cm³/mol. The molecule has 7 nitrogen and oxygen atoms in total. The first-order valence-electron chi connectivity index (χ1n) is 10.5. The molecule has 180 valence electrons. The van der Waals surface area contributed by atoms with Crippen molar-refractivity contribution in [3.05, 3.63) is 52.9 Å². The van der Waals surface area contributed by atoms with Crippen molar-refractivity contribution >= 4 is 28.9 Å². The van der Waals surface area contributed by atoms with E-state index in [0.717, 1.165) is 28.3 Å². The van der Waals surface area contributed by atoms with E-state index in [0.29, 0.717) is 10.7 Å². The van der Waals surface area contributed by atoms with Crippen molar-refractivity contribution < 1.29 is 28.2 Å². The Morgan fingerprint density at radius 3 is 2.62 bits per heavy atom. The maximum absolute atomic E-state index is 13.0. The summed E-state index contributed by atoms with van der Waals surface area (Å²) >= 11 is 1.26. The molecule has 0 radical (unpaired) electrons. The second kappa shape index (κ2) is 8.31. The van der Waals surface area contributed by atoms with Crippen LogP contribution in [0.1, 0.15) is 43.0 Å². The summed E-state index contributed by atoms with van der Waals surface area (Å²) in [5.41, 5.74) is -0.889. The topological polar surface area (TPSA) is 108 Å². The molecule has 1 aliphatic carbocycles. The van der Waals surface area contributed by atoms with Gasteiger partial charge < -0.3 is 15.5 Å². The van der Waals surface area contributed by atoms with Gasteiger partial charge in [0, 0.05) is 18.1 Å². The highest BCUT2D eigenvalue weighted by Gasteiger charge is 2.54. The lowest BCUT2D eigenvalue weighted by molar-refractivity contribution is -0.145. The first-order chi connectivity index (χ1) is 15.8. The zero-order chi connectivity index (χ0) is 24.9. The average molecular weight is 493 g/mol. The Bertz CT molecular complexity index is 1240. The number of alkyl halides is 3. The van der Waals surface area contributed by atoms with Gasteiger partial charge in [-0.3, -0.25) is 4.79 Å². The van der Waals surface area contributed by atoms with Gasteiger partial charge in [-0.1, -0.05) is 19.9 Å². The Morgan fingerprint density at radius 1 is 1.24 bits per heavy atom. The van der Waals surface area contributed by atoms with Crippen LogP contribution in [0.5, 0.6) is 0 Å². The number of aliphatic carboxylic acids is 1. The third kappa shape index (κ3) is 4.76. The lowest BCUT2D eigenvalue weighted by atomic mass is 9.82. The molecule has 11 heteroatoms. The summed E-state index contributed by atoms with van der Waals surface area (Å²) in [6.45, 7) is 5.49. The fourth-order valence-corrected chi connectivity index (χ4v) is 5.47. The zero-order valence-corrected chi connectivity index (χ0v) is 19.5. The number of hydrogen-bond acceptors (Lipinski definition) is 7. The second-order valence-electron chi connectivity index (χ2n) is 9.30. The van der Waals surface area contributed by atoms with Crippen LogP contribution in [0.25, 0.3) is 10.4 Å². The number of aromatic nitrogens is 3. The molecule has 0 saturated heterocycles. The Labute approximate surface area is 197 Å². The number of anilines is 2. The first-order valence-corrected chi connectivity index (χ1v) is 11.3. The van der Waals surface area contributed by atoms with Gasteiger partial charge in [0.05, 0.1) is 10.8 Å². The fraction of sp³-hybridized carbons (Fsp3) is 0.391. The molecule has 0 amide bonds. The van der Waals surface area contributed by atoms with E-state index in [4.69, 9.17) is 0 Å². The molecule has 1 aliphatic rings. The van der Waals surface area contributed by atoms with E-state index in [-0.39, 0.29) is 18.8 Å². The summed E-state index contributed by atoms with van der Waals surface area (Å²) in [5, 5.41) is 24.0. The summed E-state index contributed by atoms with van der Waals surface area (Å²) in [5.74, 6) is -1.81. The highest BCUT2D eigenvalue weighted by molar-refractivity contribution is 7.15. The van der Waals surface area contributed by atoms with Crippen LogP contribution in [-0.2, 0) is 16.6 Å². The van der Waals surface area contributed by atoms with Gasteiger partial charge in [0.15, 0.2) is 0 Å². The lowest BCUT2D eigenvalue weighted by Crippen LogP contribution is -2.25. The van der Waals surface area contributed by atoms with E-state index in [1.807, 2.05) is 26.8 Å². The molecule has 0 spiro atoms. The van der Waals surface area contributed by atoms with Crippen LogP contribution in [0.15, 0.2) is 36.7 Å². The van der Waals surface area contributed by atoms with Gasteiger partial charge in [0.1, 0.15) is 16.3 Å². The number of hydrogen-bond donors (Lipinski definition) is 3. The van der Waals surface area contributed by atoms with Crippen molar-refractivity contribution in [1.29, 1.82) is 0 Å².